The van der Waals surface area contributed by atoms with Crippen molar-refractivity contribution in [2.24, 2.45) is 5.41 Å². The van der Waals surface area contributed by atoms with Gasteiger partial charge in [0, 0.05) is 30.1 Å². The number of benzene rings is 1. The lowest BCUT2D eigenvalue weighted by atomic mass is 9.92. The van der Waals surface area contributed by atoms with Gasteiger partial charge in [-0.05, 0) is 19.5 Å². The van der Waals surface area contributed by atoms with Gasteiger partial charge in [0.1, 0.15) is 0 Å². The normalized spacial score (nSPS) is 11.9. The fourth-order valence-corrected chi connectivity index (χ4v) is 2.19. The first kappa shape index (κ1) is 16.6. The average molecular weight is 282 g/mol. The van der Waals surface area contributed by atoms with E-state index in [1.54, 1.807) is 19.9 Å². The summed E-state index contributed by atoms with van der Waals surface area (Å²) in [5, 5.41) is 29.5. The van der Waals surface area contributed by atoms with Gasteiger partial charge in [-0.25, -0.2) is 0 Å². The fourth-order valence-electron chi connectivity index (χ4n) is 2.19. The molecule has 6 nitrogen and oxygen atoms in total. The van der Waals surface area contributed by atoms with Gasteiger partial charge < -0.3 is 15.1 Å². The number of nitrogens with zero attached hydrogens (tertiary/aromatic N) is 2. The molecule has 0 unspecified atom stereocenters. The standard InChI is InChI=1S/C14H22N2O4/c1-11-12(5-4-6-13(11)16(19)20)7-15(3)8-14(2,9-17)10-18/h4-6,17-18H,7-10H2,1-3H3. The molecule has 0 saturated carbocycles. The molecule has 0 radical (unpaired) electrons. The molecule has 1 aromatic carbocycles. The Hall–Kier alpha value is -1.50. The van der Waals surface area contributed by atoms with Crippen LogP contribution in [-0.2, 0) is 6.54 Å². The summed E-state index contributed by atoms with van der Waals surface area (Å²) in [5.41, 5.74) is 1.06. The molecule has 0 aromatic heterocycles. The Morgan fingerprint density at radius 2 is 1.95 bits per heavy atom. The Morgan fingerprint density at radius 3 is 2.45 bits per heavy atom. The molecular weight excluding hydrogens is 260 g/mol. The number of aliphatic hydroxyl groups excluding tert-OH is 2. The summed E-state index contributed by atoms with van der Waals surface area (Å²) in [6, 6.07) is 5.02. The second-order valence-corrected chi connectivity index (χ2v) is 5.62. The topological polar surface area (TPSA) is 86.8 Å². The molecule has 0 heterocycles. The lowest BCUT2D eigenvalue weighted by molar-refractivity contribution is -0.385. The van der Waals surface area contributed by atoms with E-state index >= 15 is 0 Å². The minimum Gasteiger partial charge on any atom is -0.396 e. The molecule has 2 N–H and O–H groups in total. The van der Waals surface area contributed by atoms with Gasteiger partial charge in [0.15, 0.2) is 0 Å². The number of hydrogen-bond donors (Lipinski definition) is 2. The molecule has 0 amide bonds. The van der Waals surface area contributed by atoms with Crippen molar-refractivity contribution >= 4 is 5.69 Å². The molecular formula is C14H22N2O4. The highest BCUT2D eigenvalue weighted by atomic mass is 16.6. The van der Waals surface area contributed by atoms with Crippen molar-refractivity contribution in [3.8, 4) is 0 Å². The molecule has 0 aliphatic rings. The van der Waals surface area contributed by atoms with Crippen LogP contribution in [0.15, 0.2) is 18.2 Å². The number of hydrogen-bond acceptors (Lipinski definition) is 5. The highest BCUT2D eigenvalue weighted by Gasteiger charge is 2.25. The van der Waals surface area contributed by atoms with E-state index in [2.05, 4.69) is 0 Å². The van der Waals surface area contributed by atoms with Crippen LogP contribution in [-0.4, -0.2) is 46.8 Å². The first-order valence-corrected chi connectivity index (χ1v) is 6.46. The third kappa shape index (κ3) is 4.00. The predicted octanol–water partition coefficient (Wildman–Crippen LogP) is 1.33. The van der Waals surface area contributed by atoms with Gasteiger partial charge in [0.2, 0.25) is 0 Å². The minimum absolute atomic E-state index is 0.109. The Morgan fingerprint density at radius 1 is 1.35 bits per heavy atom. The van der Waals surface area contributed by atoms with Gasteiger partial charge >= 0.3 is 0 Å². The summed E-state index contributed by atoms with van der Waals surface area (Å²) >= 11 is 0. The Balaban J connectivity index is 2.84. The zero-order valence-corrected chi connectivity index (χ0v) is 12.2. The van der Waals surface area contributed by atoms with E-state index < -0.39 is 5.41 Å². The van der Waals surface area contributed by atoms with Crippen LogP contribution < -0.4 is 0 Å². The second kappa shape index (κ2) is 6.78. The zero-order chi connectivity index (χ0) is 15.3. The summed E-state index contributed by atoms with van der Waals surface area (Å²) in [4.78, 5) is 12.5. The maximum absolute atomic E-state index is 10.9. The number of nitro groups is 1. The first-order chi connectivity index (χ1) is 9.33. The summed E-state index contributed by atoms with van der Waals surface area (Å²) in [7, 11) is 1.86. The van der Waals surface area contributed by atoms with E-state index in [0.717, 1.165) is 5.56 Å². The fraction of sp³-hybridized carbons (Fsp3) is 0.571. The van der Waals surface area contributed by atoms with Crippen molar-refractivity contribution in [2.75, 3.05) is 26.8 Å². The number of rotatable bonds is 7. The quantitative estimate of drug-likeness (QED) is 0.582. The smallest absolute Gasteiger partial charge is 0.272 e. The molecule has 0 aliphatic heterocycles. The van der Waals surface area contributed by atoms with Gasteiger partial charge in [0.05, 0.1) is 18.1 Å². The van der Waals surface area contributed by atoms with E-state index in [1.165, 1.54) is 6.07 Å². The third-order valence-corrected chi connectivity index (χ3v) is 3.47. The van der Waals surface area contributed by atoms with Crippen LogP contribution >= 0.6 is 0 Å². The van der Waals surface area contributed by atoms with Crippen molar-refractivity contribution in [2.45, 2.75) is 20.4 Å². The van der Waals surface area contributed by atoms with Crippen LogP contribution in [0.3, 0.4) is 0 Å². The lowest BCUT2D eigenvalue weighted by Crippen LogP contribution is -2.38. The van der Waals surface area contributed by atoms with Gasteiger partial charge in [0.25, 0.3) is 5.69 Å². The van der Waals surface area contributed by atoms with Gasteiger partial charge in [-0.3, -0.25) is 10.1 Å². The summed E-state index contributed by atoms with van der Waals surface area (Å²) in [6.07, 6.45) is 0. The van der Waals surface area contributed by atoms with Crippen LogP contribution in [0.5, 0.6) is 0 Å². The largest absolute Gasteiger partial charge is 0.396 e. The maximum atomic E-state index is 10.9. The predicted molar refractivity (Wildman–Crippen MR) is 76.4 cm³/mol. The molecule has 0 bridgehead atoms. The molecule has 1 rings (SSSR count). The van der Waals surface area contributed by atoms with Crippen LogP contribution in [0.25, 0.3) is 0 Å². The van der Waals surface area contributed by atoms with Gasteiger partial charge in [-0.15, -0.1) is 0 Å². The molecule has 0 fully saturated rings. The number of nitro benzene ring substituents is 1. The van der Waals surface area contributed by atoms with E-state index in [4.69, 9.17) is 0 Å². The Labute approximate surface area is 118 Å². The zero-order valence-electron chi connectivity index (χ0n) is 12.2. The number of aliphatic hydroxyl groups is 2. The lowest BCUT2D eigenvalue weighted by Gasteiger charge is -2.30. The van der Waals surface area contributed by atoms with Crippen LogP contribution in [0.2, 0.25) is 0 Å². The monoisotopic (exact) mass is 282 g/mol. The van der Waals surface area contributed by atoms with Crippen LogP contribution in [0.1, 0.15) is 18.1 Å². The van der Waals surface area contributed by atoms with Crippen molar-refractivity contribution < 1.29 is 15.1 Å². The van der Waals surface area contributed by atoms with E-state index in [9.17, 15) is 20.3 Å². The van der Waals surface area contributed by atoms with E-state index in [0.29, 0.717) is 18.7 Å². The van der Waals surface area contributed by atoms with Gasteiger partial charge in [-0.2, -0.15) is 0 Å². The van der Waals surface area contributed by atoms with E-state index in [-0.39, 0.29) is 23.8 Å². The summed E-state index contributed by atoms with van der Waals surface area (Å²) in [6.45, 7) is 4.34. The van der Waals surface area contributed by atoms with Crippen molar-refractivity contribution in [3.63, 3.8) is 0 Å². The van der Waals surface area contributed by atoms with Gasteiger partial charge in [-0.1, -0.05) is 19.1 Å². The highest BCUT2D eigenvalue weighted by molar-refractivity contribution is 5.44. The SMILES string of the molecule is Cc1c(CN(C)CC(C)(CO)CO)cccc1[N+](=O)[O-]. The first-order valence-electron chi connectivity index (χ1n) is 6.46. The molecule has 20 heavy (non-hydrogen) atoms. The maximum Gasteiger partial charge on any atom is 0.272 e. The van der Waals surface area contributed by atoms with Crippen molar-refractivity contribution in [1.82, 2.24) is 4.90 Å². The molecule has 0 spiro atoms. The summed E-state index contributed by atoms with van der Waals surface area (Å²) in [5.74, 6) is 0. The second-order valence-electron chi connectivity index (χ2n) is 5.62. The van der Waals surface area contributed by atoms with E-state index in [1.807, 2.05) is 18.0 Å². The van der Waals surface area contributed by atoms with Crippen molar-refractivity contribution in [1.29, 1.82) is 0 Å². The molecule has 6 heteroatoms. The minimum atomic E-state index is -0.580. The molecule has 0 saturated heterocycles. The summed E-state index contributed by atoms with van der Waals surface area (Å²) < 4.78 is 0. The third-order valence-electron chi connectivity index (χ3n) is 3.47. The van der Waals surface area contributed by atoms with Crippen LogP contribution in [0, 0.1) is 22.5 Å². The molecule has 112 valence electrons. The van der Waals surface area contributed by atoms with Crippen LogP contribution in [0.4, 0.5) is 5.69 Å². The Bertz CT molecular complexity index is 472. The van der Waals surface area contributed by atoms with Crippen molar-refractivity contribution in [3.05, 3.63) is 39.4 Å². The molecule has 0 atom stereocenters. The highest BCUT2D eigenvalue weighted by Crippen LogP contribution is 2.23. The Kier molecular flexibility index (Phi) is 5.62. The molecule has 1 aromatic rings. The molecule has 0 aliphatic carbocycles. The average Bonchev–Trinajstić information content (AvgIpc) is 2.40.